The number of hydrogen-bond acceptors (Lipinski definition) is 5. The number of hydrogen-bond donors (Lipinski definition) is 1. The van der Waals surface area contributed by atoms with Gasteiger partial charge >= 0.3 is 5.97 Å². The second kappa shape index (κ2) is 6.78. The van der Waals surface area contributed by atoms with E-state index >= 15 is 0 Å². The Morgan fingerprint density at radius 3 is 2.96 bits per heavy atom. The third-order valence-corrected chi connectivity index (χ3v) is 4.14. The smallest absolute Gasteiger partial charge is 0.342 e. The van der Waals surface area contributed by atoms with Crippen LogP contribution in [0.2, 0.25) is 0 Å². The van der Waals surface area contributed by atoms with E-state index in [-0.39, 0.29) is 31.3 Å². The number of aromatic hydroxyl groups is 1. The summed E-state index contributed by atoms with van der Waals surface area (Å²) in [5.74, 6) is -0.904. The van der Waals surface area contributed by atoms with Crippen LogP contribution >= 0.6 is 15.9 Å². The maximum absolute atomic E-state index is 13.7. The molecule has 1 aliphatic heterocycles. The molecule has 2 aromatic rings. The van der Waals surface area contributed by atoms with Crippen LogP contribution in [0.3, 0.4) is 0 Å². The van der Waals surface area contributed by atoms with Gasteiger partial charge in [-0.2, -0.15) is 0 Å². The van der Waals surface area contributed by atoms with E-state index in [0.717, 1.165) is 5.56 Å². The van der Waals surface area contributed by atoms with E-state index < -0.39 is 11.8 Å². The maximum atomic E-state index is 13.7. The normalized spacial score (nSPS) is 13.1. The van der Waals surface area contributed by atoms with Crippen molar-refractivity contribution >= 4 is 21.9 Å². The van der Waals surface area contributed by atoms with E-state index in [9.17, 15) is 14.3 Å². The van der Waals surface area contributed by atoms with Crippen LogP contribution < -0.4 is 4.74 Å². The van der Waals surface area contributed by atoms with Gasteiger partial charge in [0.2, 0.25) is 0 Å². The summed E-state index contributed by atoms with van der Waals surface area (Å²) in [6.07, 6.45) is 0. The number of carbonyl (C=O) groups is 1. The number of halogens is 2. The summed E-state index contributed by atoms with van der Waals surface area (Å²) >= 11 is 3.18. The number of esters is 1. The Balaban J connectivity index is 1.82. The summed E-state index contributed by atoms with van der Waals surface area (Å²) in [5, 5.41) is 9.98. The Kier molecular flexibility index (Phi) is 4.73. The van der Waals surface area contributed by atoms with Crippen LogP contribution in [0, 0.1) is 12.7 Å². The van der Waals surface area contributed by atoms with Gasteiger partial charge in [0, 0.05) is 11.1 Å². The van der Waals surface area contributed by atoms with Gasteiger partial charge in [0.25, 0.3) is 0 Å². The fraction of sp³-hybridized carbons (Fsp3) is 0.235. The van der Waals surface area contributed by atoms with E-state index in [1.54, 1.807) is 13.0 Å². The first-order chi connectivity index (χ1) is 11.5. The molecule has 2 aromatic carbocycles. The minimum absolute atomic E-state index is 0.0383. The first-order valence-corrected chi connectivity index (χ1v) is 7.93. The highest BCUT2D eigenvalue weighted by molar-refractivity contribution is 9.10. The van der Waals surface area contributed by atoms with Crippen molar-refractivity contribution in [2.75, 3.05) is 6.79 Å². The van der Waals surface area contributed by atoms with Crippen molar-refractivity contribution in [3.63, 3.8) is 0 Å². The van der Waals surface area contributed by atoms with Crippen molar-refractivity contribution < 1.29 is 28.5 Å². The number of ether oxygens (including phenoxy) is 3. The maximum Gasteiger partial charge on any atom is 0.342 e. The van der Waals surface area contributed by atoms with E-state index in [0.29, 0.717) is 21.3 Å². The molecule has 3 rings (SSSR count). The molecule has 1 aliphatic rings. The second-order valence-corrected chi connectivity index (χ2v) is 6.24. The number of fused-ring (bicyclic) bond motifs is 1. The molecule has 0 unspecified atom stereocenters. The Morgan fingerprint density at radius 2 is 2.17 bits per heavy atom. The van der Waals surface area contributed by atoms with Crippen LogP contribution in [0.15, 0.2) is 28.7 Å². The number of aryl methyl sites for hydroxylation is 1. The molecule has 0 atom stereocenters. The number of carbonyl (C=O) groups excluding carboxylic acids is 1. The van der Waals surface area contributed by atoms with Crippen LogP contribution in [0.5, 0.6) is 11.5 Å². The summed E-state index contributed by atoms with van der Waals surface area (Å²) < 4.78 is 29.8. The van der Waals surface area contributed by atoms with Crippen molar-refractivity contribution in [3.8, 4) is 11.5 Å². The van der Waals surface area contributed by atoms with Crippen molar-refractivity contribution in [2.45, 2.75) is 20.1 Å². The number of phenolic OH excluding ortho intramolecular Hbond substituents is 1. The zero-order valence-corrected chi connectivity index (χ0v) is 14.4. The molecule has 0 aromatic heterocycles. The highest BCUT2D eigenvalue weighted by atomic mass is 79.9. The Hall–Kier alpha value is -2.12. The molecule has 126 valence electrons. The summed E-state index contributed by atoms with van der Waals surface area (Å²) in [6.45, 7) is 1.91. The lowest BCUT2D eigenvalue weighted by molar-refractivity contribution is -0.0183. The van der Waals surface area contributed by atoms with Crippen LogP contribution in [-0.2, 0) is 22.7 Å². The molecule has 0 radical (unpaired) electrons. The first kappa shape index (κ1) is 16.7. The topological polar surface area (TPSA) is 65.0 Å². The fourth-order valence-electron chi connectivity index (χ4n) is 2.48. The highest BCUT2D eigenvalue weighted by Gasteiger charge is 2.20. The largest absolute Gasteiger partial charge is 0.506 e. The predicted molar refractivity (Wildman–Crippen MR) is 86.3 cm³/mol. The summed E-state index contributed by atoms with van der Waals surface area (Å²) in [4.78, 5) is 12.2. The van der Waals surface area contributed by atoms with Crippen LogP contribution in [-0.4, -0.2) is 17.9 Å². The van der Waals surface area contributed by atoms with Gasteiger partial charge in [0.15, 0.2) is 6.79 Å². The standard InChI is InChI=1S/C17H14BrFO5/c1-9-2-13(15(20)14(18)3-9)17(21)23-7-11-5-12(19)4-10-6-22-8-24-16(10)11/h2-5,20H,6-8H2,1H3. The third-order valence-electron chi connectivity index (χ3n) is 3.54. The fourth-order valence-corrected chi connectivity index (χ4v) is 3.05. The number of phenols is 1. The van der Waals surface area contributed by atoms with Crippen molar-refractivity contribution in [2.24, 2.45) is 0 Å². The van der Waals surface area contributed by atoms with E-state index in [2.05, 4.69) is 15.9 Å². The second-order valence-electron chi connectivity index (χ2n) is 5.38. The van der Waals surface area contributed by atoms with Crippen LogP contribution in [0.4, 0.5) is 4.39 Å². The molecule has 1 N–H and O–H groups in total. The number of benzene rings is 2. The quantitative estimate of drug-likeness (QED) is 0.798. The van der Waals surface area contributed by atoms with E-state index in [4.69, 9.17) is 14.2 Å². The monoisotopic (exact) mass is 396 g/mol. The van der Waals surface area contributed by atoms with Gasteiger partial charge in [-0.05, 0) is 52.7 Å². The Labute approximate surface area is 146 Å². The molecule has 0 amide bonds. The Morgan fingerprint density at radius 1 is 1.38 bits per heavy atom. The summed E-state index contributed by atoms with van der Waals surface area (Å²) in [7, 11) is 0. The van der Waals surface area contributed by atoms with Crippen LogP contribution in [0.25, 0.3) is 0 Å². The minimum Gasteiger partial charge on any atom is -0.506 e. The Bertz CT molecular complexity index is 806. The average Bonchev–Trinajstić information content (AvgIpc) is 2.55. The van der Waals surface area contributed by atoms with Crippen molar-refractivity contribution in [1.29, 1.82) is 0 Å². The summed E-state index contributed by atoms with van der Waals surface area (Å²) in [5.41, 5.74) is 1.80. The lowest BCUT2D eigenvalue weighted by atomic mass is 10.1. The van der Waals surface area contributed by atoms with Crippen molar-refractivity contribution in [3.05, 3.63) is 56.8 Å². The lowest BCUT2D eigenvalue weighted by Crippen LogP contribution is -2.15. The summed E-state index contributed by atoms with van der Waals surface area (Å²) in [6, 6.07) is 5.78. The van der Waals surface area contributed by atoms with Gasteiger partial charge in [-0.15, -0.1) is 0 Å². The predicted octanol–water partition coefficient (Wildman–Crippen LogP) is 3.83. The van der Waals surface area contributed by atoms with Gasteiger partial charge in [0.05, 0.1) is 11.1 Å². The van der Waals surface area contributed by atoms with Gasteiger partial charge in [-0.1, -0.05) is 0 Å². The third kappa shape index (κ3) is 3.37. The molecule has 0 aliphatic carbocycles. The number of rotatable bonds is 3. The van der Waals surface area contributed by atoms with E-state index in [1.165, 1.54) is 18.2 Å². The molecule has 0 saturated carbocycles. The molecular weight excluding hydrogens is 383 g/mol. The molecular formula is C17H14BrFO5. The molecule has 0 spiro atoms. The minimum atomic E-state index is -0.707. The zero-order valence-electron chi connectivity index (χ0n) is 12.8. The molecule has 5 nitrogen and oxygen atoms in total. The average molecular weight is 397 g/mol. The molecule has 24 heavy (non-hydrogen) atoms. The van der Waals surface area contributed by atoms with Gasteiger partial charge in [-0.3, -0.25) is 0 Å². The van der Waals surface area contributed by atoms with E-state index in [1.807, 2.05) is 0 Å². The highest BCUT2D eigenvalue weighted by Crippen LogP contribution is 2.32. The molecule has 7 heteroatoms. The molecule has 0 bridgehead atoms. The van der Waals surface area contributed by atoms with Crippen molar-refractivity contribution in [1.82, 2.24) is 0 Å². The molecule has 1 heterocycles. The van der Waals surface area contributed by atoms with Gasteiger partial charge < -0.3 is 19.3 Å². The van der Waals surface area contributed by atoms with Crippen LogP contribution in [0.1, 0.15) is 27.0 Å². The van der Waals surface area contributed by atoms with Gasteiger partial charge in [-0.25, -0.2) is 9.18 Å². The molecule has 0 saturated heterocycles. The first-order valence-electron chi connectivity index (χ1n) is 7.14. The zero-order chi connectivity index (χ0) is 17.3. The molecule has 0 fully saturated rings. The SMILES string of the molecule is Cc1cc(Br)c(O)c(C(=O)OCc2cc(F)cc3c2OCOC3)c1. The lowest BCUT2D eigenvalue weighted by Gasteiger charge is -2.20. The van der Waals surface area contributed by atoms with Gasteiger partial charge in [0.1, 0.15) is 29.5 Å².